The van der Waals surface area contributed by atoms with Gasteiger partial charge >= 0.3 is 5.97 Å². The molecule has 1 aliphatic carbocycles. The van der Waals surface area contributed by atoms with Crippen molar-refractivity contribution in [2.75, 3.05) is 0 Å². The van der Waals surface area contributed by atoms with Gasteiger partial charge in [-0.25, -0.2) is 4.79 Å². The summed E-state index contributed by atoms with van der Waals surface area (Å²) in [6, 6.07) is 0. The molecule has 74 valence electrons. The lowest BCUT2D eigenvalue weighted by Crippen LogP contribution is -2.40. The van der Waals surface area contributed by atoms with Crippen molar-refractivity contribution in [1.82, 2.24) is 0 Å². The number of carbonyl (C=O) groups excluding carboxylic acids is 1. The normalized spacial score (nSPS) is 50.1. The van der Waals surface area contributed by atoms with E-state index in [1.807, 2.05) is 0 Å². The molecule has 0 aromatic carbocycles. The Bertz CT molecular complexity index is 234. The van der Waals surface area contributed by atoms with Gasteiger partial charge in [-0.3, -0.25) is 0 Å². The molecular formula is C10H16O3. The van der Waals surface area contributed by atoms with Crippen molar-refractivity contribution in [2.24, 2.45) is 11.8 Å². The number of hydrogen-bond acceptors (Lipinski definition) is 3. The predicted molar refractivity (Wildman–Crippen MR) is 47.0 cm³/mol. The van der Waals surface area contributed by atoms with Crippen molar-refractivity contribution in [1.29, 1.82) is 0 Å². The predicted octanol–water partition coefficient (Wildman–Crippen LogP) is 1.10. The van der Waals surface area contributed by atoms with Crippen molar-refractivity contribution in [3.05, 3.63) is 0 Å². The molecule has 0 bridgehead atoms. The first-order valence-corrected chi connectivity index (χ1v) is 4.95. The third-order valence-corrected chi connectivity index (χ3v) is 3.45. The largest absolute Gasteiger partial charge is 0.460 e. The highest BCUT2D eigenvalue weighted by molar-refractivity contribution is 5.81. The smallest absolute Gasteiger partial charge is 0.338 e. The highest BCUT2D eigenvalue weighted by Gasteiger charge is 2.54. The Labute approximate surface area is 78.1 Å². The Morgan fingerprint density at radius 1 is 1.54 bits per heavy atom. The SMILES string of the molecule is CC1CCC2C(C1)OC(=O)C2(C)O. The summed E-state index contributed by atoms with van der Waals surface area (Å²) in [5.41, 5.74) is -1.23. The second kappa shape index (κ2) is 2.71. The molecule has 0 aromatic rings. The zero-order chi connectivity index (χ0) is 9.64. The van der Waals surface area contributed by atoms with Crippen LogP contribution in [0.4, 0.5) is 0 Å². The monoisotopic (exact) mass is 184 g/mol. The van der Waals surface area contributed by atoms with Gasteiger partial charge in [-0.05, 0) is 25.7 Å². The summed E-state index contributed by atoms with van der Waals surface area (Å²) in [5, 5.41) is 9.87. The Balaban J connectivity index is 2.18. The fourth-order valence-corrected chi connectivity index (χ4v) is 2.51. The third kappa shape index (κ3) is 1.26. The van der Waals surface area contributed by atoms with Gasteiger partial charge in [0.05, 0.1) is 0 Å². The van der Waals surface area contributed by atoms with Gasteiger partial charge in [-0.1, -0.05) is 13.3 Å². The maximum atomic E-state index is 11.3. The molecule has 2 rings (SSSR count). The number of fused-ring (bicyclic) bond motifs is 1. The minimum atomic E-state index is -1.23. The zero-order valence-electron chi connectivity index (χ0n) is 8.12. The van der Waals surface area contributed by atoms with Gasteiger partial charge in [0, 0.05) is 5.92 Å². The van der Waals surface area contributed by atoms with Crippen LogP contribution < -0.4 is 0 Å². The van der Waals surface area contributed by atoms with E-state index in [9.17, 15) is 9.90 Å². The van der Waals surface area contributed by atoms with Crippen LogP contribution >= 0.6 is 0 Å². The average molecular weight is 184 g/mol. The highest BCUT2D eigenvalue weighted by atomic mass is 16.6. The highest BCUT2D eigenvalue weighted by Crippen LogP contribution is 2.42. The Kier molecular flexibility index (Phi) is 1.88. The number of ether oxygens (including phenoxy) is 1. The maximum Gasteiger partial charge on any atom is 0.338 e. The molecule has 0 aromatic heterocycles. The van der Waals surface area contributed by atoms with E-state index in [4.69, 9.17) is 4.74 Å². The molecule has 4 unspecified atom stereocenters. The van der Waals surface area contributed by atoms with Crippen LogP contribution in [0.5, 0.6) is 0 Å². The van der Waals surface area contributed by atoms with Crippen LogP contribution in [0.2, 0.25) is 0 Å². The summed E-state index contributed by atoms with van der Waals surface area (Å²) in [5.74, 6) is 0.204. The molecule has 2 fully saturated rings. The molecular weight excluding hydrogens is 168 g/mol. The summed E-state index contributed by atoms with van der Waals surface area (Å²) in [7, 11) is 0. The van der Waals surface area contributed by atoms with Crippen LogP contribution in [0.25, 0.3) is 0 Å². The molecule has 0 spiro atoms. The molecule has 1 aliphatic heterocycles. The number of rotatable bonds is 0. The van der Waals surface area contributed by atoms with Crippen molar-refractivity contribution in [3.8, 4) is 0 Å². The van der Waals surface area contributed by atoms with E-state index in [1.54, 1.807) is 6.92 Å². The second-order valence-corrected chi connectivity index (χ2v) is 4.62. The van der Waals surface area contributed by atoms with Gasteiger partial charge in [0.1, 0.15) is 6.10 Å². The lowest BCUT2D eigenvalue weighted by molar-refractivity contribution is -0.154. The standard InChI is InChI=1S/C10H16O3/c1-6-3-4-7-8(5-6)13-9(11)10(7,2)12/h6-8,12H,3-5H2,1-2H3. The van der Waals surface area contributed by atoms with E-state index >= 15 is 0 Å². The van der Waals surface area contributed by atoms with E-state index in [1.165, 1.54) is 0 Å². The topological polar surface area (TPSA) is 46.5 Å². The molecule has 3 heteroatoms. The first-order chi connectivity index (χ1) is 6.01. The molecule has 2 aliphatic rings. The summed E-state index contributed by atoms with van der Waals surface area (Å²) in [6.45, 7) is 3.74. The van der Waals surface area contributed by atoms with Crippen LogP contribution in [0.15, 0.2) is 0 Å². The van der Waals surface area contributed by atoms with Crippen LogP contribution in [0.3, 0.4) is 0 Å². The average Bonchev–Trinajstić information content (AvgIpc) is 2.23. The van der Waals surface area contributed by atoms with Gasteiger partial charge in [0.2, 0.25) is 0 Å². The zero-order valence-corrected chi connectivity index (χ0v) is 8.12. The van der Waals surface area contributed by atoms with Crippen LogP contribution in [-0.2, 0) is 9.53 Å². The van der Waals surface area contributed by atoms with Gasteiger partial charge in [0.25, 0.3) is 0 Å². The van der Waals surface area contributed by atoms with E-state index in [0.717, 1.165) is 19.3 Å². The van der Waals surface area contributed by atoms with E-state index in [0.29, 0.717) is 5.92 Å². The molecule has 13 heavy (non-hydrogen) atoms. The molecule has 1 saturated heterocycles. The fourth-order valence-electron chi connectivity index (χ4n) is 2.51. The van der Waals surface area contributed by atoms with Gasteiger partial charge < -0.3 is 9.84 Å². The quantitative estimate of drug-likeness (QED) is 0.573. The molecule has 4 atom stereocenters. The summed E-state index contributed by atoms with van der Waals surface area (Å²) < 4.78 is 5.16. The third-order valence-electron chi connectivity index (χ3n) is 3.45. The van der Waals surface area contributed by atoms with Gasteiger partial charge in [-0.15, -0.1) is 0 Å². The number of esters is 1. The summed E-state index contributed by atoms with van der Waals surface area (Å²) >= 11 is 0. The van der Waals surface area contributed by atoms with Crippen LogP contribution in [-0.4, -0.2) is 22.8 Å². The molecule has 1 saturated carbocycles. The first-order valence-electron chi connectivity index (χ1n) is 4.95. The van der Waals surface area contributed by atoms with Crippen molar-refractivity contribution in [2.45, 2.75) is 44.8 Å². The fraction of sp³-hybridized carbons (Fsp3) is 0.900. The Morgan fingerprint density at radius 3 is 2.92 bits per heavy atom. The summed E-state index contributed by atoms with van der Waals surface area (Å²) in [4.78, 5) is 11.3. The molecule has 3 nitrogen and oxygen atoms in total. The number of carbonyl (C=O) groups is 1. The molecule has 1 N–H and O–H groups in total. The second-order valence-electron chi connectivity index (χ2n) is 4.62. The number of aliphatic hydroxyl groups is 1. The van der Waals surface area contributed by atoms with Crippen molar-refractivity contribution >= 4 is 5.97 Å². The Hall–Kier alpha value is -0.570. The number of hydrogen-bond donors (Lipinski definition) is 1. The minimum absolute atomic E-state index is 0.0243. The van der Waals surface area contributed by atoms with Crippen LogP contribution in [0, 0.1) is 11.8 Å². The van der Waals surface area contributed by atoms with Gasteiger partial charge in [0.15, 0.2) is 5.60 Å². The van der Waals surface area contributed by atoms with E-state index < -0.39 is 11.6 Å². The minimum Gasteiger partial charge on any atom is -0.460 e. The molecule has 1 heterocycles. The van der Waals surface area contributed by atoms with Crippen LogP contribution in [0.1, 0.15) is 33.1 Å². The lowest BCUT2D eigenvalue weighted by Gasteiger charge is -2.31. The van der Waals surface area contributed by atoms with Gasteiger partial charge in [-0.2, -0.15) is 0 Å². The first kappa shape index (κ1) is 9.00. The maximum absolute atomic E-state index is 11.3. The molecule has 0 amide bonds. The molecule has 0 radical (unpaired) electrons. The van der Waals surface area contributed by atoms with Crippen molar-refractivity contribution < 1.29 is 14.6 Å². The van der Waals surface area contributed by atoms with Crippen molar-refractivity contribution in [3.63, 3.8) is 0 Å². The van der Waals surface area contributed by atoms with E-state index in [-0.39, 0.29) is 12.0 Å². The summed E-state index contributed by atoms with van der Waals surface area (Å²) in [6.07, 6.45) is 2.87. The lowest BCUT2D eigenvalue weighted by atomic mass is 9.75. The van der Waals surface area contributed by atoms with E-state index in [2.05, 4.69) is 6.92 Å². The Morgan fingerprint density at radius 2 is 2.23 bits per heavy atom.